The van der Waals surface area contributed by atoms with Gasteiger partial charge in [0, 0.05) is 26.3 Å². The van der Waals surface area contributed by atoms with Gasteiger partial charge in [-0.05, 0) is 44.3 Å². The van der Waals surface area contributed by atoms with Crippen molar-refractivity contribution in [2.45, 2.75) is 30.8 Å². The largest absolute Gasteiger partial charge is 0.387 e. The van der Waals surface area contributed by atoms with E-state index in [2.05, 4.69) is 14.7 Å². The van der Waals surface area contributed by atoms with E-state index in [1.165, 1.54) is 10.9 Å². The smallest absolute Gasteiger partial charge is 0.243 e. The molecule has 148 valence electrons. The van der Waals surface area contributed by atoms with Gasteiger partial charge in [-0.3, -0.25) is 4.68 Å². The van der Waals surface area contributed by atoms with Crippen LogP contribution < -0.4 is 4.72 Å². The van der Waals surface area contributed by atoms with Crippen molar-refractivity contribution in [3.8, 4) is 0 Å². The summed E-state index contributed by atoms with van der Waals surface area (Å²) < 4.78 is 29.2. The average Bonchev–Trinajstić information content (AvgIpc) is 3.01. The van der Waals surface area contributed by atoms with Gasteiger partial charge >= 0.3 is 0 Å². The Hall–Kier alpha value is -1.74. The molecule has 1 fully saturated rings. The lowest BCUT2D eigenvalue weighted by molar-refractivity contribution is 0.0899. The molecule has 0 amide bonds. The Labute approximate surface area is 161 Å². The topological polar surface area (TPSA) is 87.5 Å². The van der Waals surface area contributed by atoms with Crippen LogP contribution in [0.3, 0.4) is 0 Å². The number of piperidine rings is 1. The van der Waals surface area contributed by atoms with Crippen molar-refractivity contribution < 1.29 is 13.5 Å². The van der Waals surface area contributed by atoms with Crippen LogP contribution >= 0.6 is 0 Å². The first-order valence-electron chi connectivity index (χ1n) is 9.30. The first-order chi connectivity index (χ1) is 12.8. The summed E-state index contributed by atoms with van der Waals surface area (Å²) in [4.78, 5) is 2.49. The molecule has 1 aliphatic rings. The minimum absolute atomic E-state index is 0.244. The minimum atomic E-state index is -3.52. The molecule has 0 aliphatic carbocycles. The van der Waals surface area contributed by atoms with Gasteiger partial charge in [-0.15, -0.1) is 0 Å². The van der Waals surface area contributed by atoms with Gasteiger partial charge in [0.2, 0.25) is 10.0 Å². The molecule has 1 atom stereocenters. The average molecular weight is 393 g/mol. The maximum Gasteiger partial charge on any atom is 0.243 e. The third kappa shape index (κ3) is 5.16. The Balaban J connectivity index is 1.46. The van der Waals surface area contributed by atoms with E-state index in [1.54, 1.807) is 14.0 Å². The van der Waals surface area contributed by atoms with E-state index in [1.807, 2.05) is 30.3 Å². The van der Waals surface area contributed by atoms with Crippen molar-refractivity contribution in [2.24, 2.45) is 13.0 Å². The highest BCUT2D eigenvalue weighted by Crippen LogP contribution is 2.21. The molecule has 1 aromatic heterocycles. The number of rotatable bonds is 7. The number of aromatic nitrogens is 2. The first-order valence-corrected chi connectivity index (χ1v) is 10.8. The third-order valence-electron chi connectivity index (χ3n) is 5.14. The maximum atomic E-state index is 12.5. The van der Waals surface area contributed by atoms with Crippen LogP contribution in [-0.2, 0) is 17.1 Å². The Kier molecular flexibility index (Phi) is 6.31. The molecule has 8 heteroatoms. The summed E-state index contributed by atoms with van der Waals surface area (Å²) in [5.74, 6) is 0.307. The van der Waals surface area contributed by atoms with E-state index < -0.39 is 16.1 Å². The molecule has 0 radical (unpaired) electrons. The number of hydrogen-bond donors (Lipinski definition) is 2. The monoisotopic (exact) mass is 392 g/mol. The fourth-order valence-electron chi connectivity index (χ4n) is 3.55. The van der Waals surface area contributed by atoms with Crippen LogP contribution in [0.5, 0.6) is 0 Å². The number of aliphatic hydroxyl groups excluding tert-OH is 1. The van der Waals surface area contributed by atoms with E-state index in [0.717, 1.165) is 31.5 Å². The quantitative estimate of drug-likeness (QED) is 0.745. The summed E-state index contributed by atoms with van der Waals surface area (Å²) in [5, 5.41) is 14.5. The van der Waals surface area contributed by atoms with Gasteiger partial charge in [0.1, 0.15) is 4.90 Å². The molecule has 2 heterocycles. The number of nitrogens with zero attached hydrogens (tertiary/aromatic N) is 3. The molecule has 7 nitrogen and oxygen atoms in total. The molecule has 0 saturated carbocycles. The number of β-amino-alcohol motifs (C(OH)–C–C–N with tert-alkyl or cyclic N) is 1. The Morgan fingerprint density at radius 1 is 1.26 bits per heavy atom. The van der Waals surface area contributed by atoms with Crippen molar-refractivity contribution >= 4 is 10.0 Å². The SMILES string of the molecule is Cc1nn(C)cc1S(=O)(=O)NCC1CCN(CC(O)c2ccccc2)CC1. The molecule has 2 aromatic rings. The lowest BCUT2D eigenvalue weighted by Crippen LogP contribution is -2.40. The number of likely N-dealkylation sites (tertiary alicyclic amines) is 1. The predicted molar refractivity (Wildman–Crippen MR) is 104 cm³/mol. The summed E-state index contributed by atoms with van der Waals surface area (Å²) in [6.07, 6.45) is 2.87. The number of nitrogens with one attached hydrogen (secondary N) is 1. The third-order valence-corrected chi connectivity index (χ3v) is 6.67. The fourth-order valence-corrected chi connectivity index (χ4v) is 4.88. The van der Waals surface area contributed by atoms with Gasteiger partial charge in [0.25, 0.3) is 0 Å². The van der Waals surface area contributed by atoms with E-state index in [4.69, 9.17) is 0 Å². The Bertz CT molecular complexity index is 843. The van der Waals surface area contributed by atoms with Crippen LogP contribution in [0, 0.1) is 12.8 Å². The van der Waals surface area contributed by atoms with Crippen LogP contribution in [0.15, 0.2) is 41.4 Å². The minimum Gasteiger partial charge on any atom is -0.387 e. The van der Waals surface area contributed by atoms with Gasteiger partial charge in [-0.1, -0.05) is 30.3 Å². The molecule has 27 heavy (non-hydrogen) atoms. The number of benzene rings is 1. The van der Waals surface area contributed by atoms with Crippen LogP contribution in [-0.4, -0.2) is 54.4 Å². The van der Waals surface area contributed by atoms with Gasteiger partial charge in [0.05, 0.1) is 11.8 Å². The van der Waals surface area contributed by atoms with E-state index in [9.17, 15) is 13.5 Å². The molecule has 1 aromatic carbocycles. The van der Waals surface area contributed by atoms with Crippen molar-refractivity contribution in [1.82, 2.24) is 19.4 Å². The lowest BCUT2D eigenvalue weighted by Gasteiger charge is -2.33. The zero-order valence-electron chi connectivity index (χ0n) is 15.9. The summed E-state index contributed by atoms with van der Waals surface area (Å²) >= 11 is 0. The van der Waals surface area contributed by atoms with E-state index in [-0.39, 0.29) is 4.90 Å². The summed E-state index contributed by atoms with van der Waals surface area (Å²) in [5.41, 5.74) is 1.44. The van der Waals surface area contributed by atoms with Gasteiger partial charge < -0.3 is 10.0 Å². The zero-order valence-corrected chi connectivity index (χ0v) is 16.7. The summed E-state index contributed by atoms with van der Waals surface area (Å²) in [6.45, 7) is 4.47. The second kappa shape index (κ2) is 8.52. The second-order valence-corrected chi connectivity index (χ2v) is 9.01. The fraction of sp³-hybridized carbons (Fsp3) is 0.526. The summed E-state index contributed by atoms with van der Waals surface area (Å²) in [7, 11) is -1.81. The number of aryl methyl sites for hydroxylation is 2. The molecule has 1 unspecified atom stereocenters. The maximum absolute atomic E-state index is 12.5. The predicted octanol–water partition coefficient (Wildman–Crippen LogP) is 1.45. The van der Waals surface area contributed by atoms with Crippen molar-refractivity contribution in [1.29, 1.82) is 0 Å². The molecule has 0 bridgehead atoms. The van der Waals surface area contributed by atoms with Crippen LogP contribution in [0.4, 0.5) is 0 Å². The van der Waals surface area contributed by atoms with E-state index in [0.29, 0.717) is 24.7 Å². The molecule has 1 aliphatic heterocycles. The van der Waals surface area contributed by atoms with Crippen LogP contribution in [0.2, 0.25) is 0 Å². The first kappa shape index (κ1) is 20.0. The molecule has 0 spiro atoms. The van der Waals surface area contributed by atoms with Gasteiger partial charge in [-0.25, -0.2) is 13.1 Å². The molecular weight excluding hydrogens is 364 g/mol. The van der Waals surface area contributed by atoms with Crippen molar-refractivity contribution in [2.75, 3.05) is 26.2 Å². The van der Waals surface area contributed by atoms with Crippen LogP contribution in [0.1, 0.15) is 30.2 Å². The normalized spacial score (nSPS) is 17.9. The standard InChI is InChI=1S/C19H28N4O3S/c1-15-19(14-22(2)21-15)27(25,26)20-12-16-8-10-23(11-9-16)13-18(24)17-6-4-3-5-7-17/h3-7,14,16,18,20,24H,8-13H2,1-2H3. The molecular formula is C19H28N4O3S. The van der Waals surface area contributed by atoms with E-state index >= 15 is 0 Å². The highest BCUT2D eigenvalue weighted by Gasteiger charge is 2.25. The zero-order chi connectivity index (χ0) is 19.4. The molecule has 3 rings (SSSR count). The van der Waals surface area contributed by atoms with Crippen molar-refractivity contribution in [3.63, 3.8) is 0 Å². The highest BCUT2D eigenvalue weighted by atomic mass is 32.2. The Morgan fingerprint density at radius 3 is 2.52 bits per heavy atom. The Morgan fingerprint density at radius 2 is 1.93 bits per heavy atom. The lowest BCUT2D eigenvalue weighted by atomic mass is 9.96. The van der Waals surface area contributed by atoms with Gasteiger partial charge in [-0.2, -0.15) is 5.10 Å². The number of hydrogen-bond acceptors (Lipinski definition) is 5. The summed E-state index contributed by atoms with van der Waals surface area (Å²) in [6, 6.07) is 9.68. The van der Waals surface area contributed by atoms with Crippen molar-refractivity contribution in [3.05, 3.63) is 47.8 Å². The number of aliphatic hydroxyl groups is 1. The molecule has 2 N–H and O–H groups in total. The number of sulfonamides is 1. The molecule has 1 saturated heterocycles. The highest BCUT2D eigenvalue weighted by molar-refractivity contribution is 7.89. The second-order valence-electron chi connectivity index (χ2n) is 7.27. The van der Waals surface area contributed by atoms with Gasteiger partial charge in [0.15, 0.2) is 0 Å². The van der Waals surface area contributed by atoms with Crippen LogP contribution in [0.25, 0.3) is 0 Å².